The molecule has 1 rings (SSSR count). The Bertz CT molecular complexity index is 336. The van der Waals surface area contributed by atoms with E-state index in [0.29, 0.717) is 11.4 Å². The Hall–Kier alpha value is -1.49. The SMILES string of the molecule is Cc1nc([C@@H](C)N)ccc1[N+](=O)[O-]. The molecule has 0 unspecified atom stereocenters. The van der Waals surface area contributed by atoms with Crippen LogP contribution >= 0.6 is 0 Å². The van der Waals surface area contributed by atoms with Gasteiger partial charge in [0.25, 0.3) is 5.69 Å². The first-order valence-corrected chi connectivity index (χ1v) is 3.90. The van der Waals surface area contributed by atoms with Crippen LogP contribution in [-0.4, -0.2) is 9.91 Å². The summed E-state index contributed by atoms with van der Waals surface area (Å²) in [6.07, 6.45) is 0. The van der Waals surface area contributed by atoms with Gasteiger partial charge in [0.1, 0.15) is 5.69 Å². The smallest absolute Gasteiger partial charge is 0.290 e. The van der Waals surface area contributed by atoms with E-state index in [1.54, 1.807) is 19.9 Å². The van der Waals surface area contributed by atoms with Crippen LogP contribution in [0, 0.1) is 17.0 Å². The molecule has 1 atom stereocenters. The molecule has 0 aliphatic rings. The molecule has 0 saturated carbocycles. The molecule has 0 bridgehead atoms. The highest BCUT2D eigenvalue weighted by atomic mass is 16.6. The van der Waals surface area contributed by atoms with E-state index in [9.17, 15) is 10.1 Å². The van der Waals surface area contributed by atoms with E-state index in [1.807, 2.05) is 0 Å². The van der Waals surface area contributed by atoms with Crippen molar-refractivity contribution < 1.29 is 4.92 Å². The van der Waals surface area contributed by atoms with Crippen molar-refractivity contribution in [1.29, 1.82) is 0 Å². The van der Waals surface area contributed by atoms with E-state index in [1.165, 1.54) is 6.07 Å². The largest absolute Gasteiger partial charge is 0.323 e. The summed E-state index contributed by atoms with van der Waals surface area (Å²) in [7, 11) is 0. The summed E-state index contributed by atoms with van der Waals surface area (Å²) in [5, 5.41) is 10.4. The fraction of sp³-hybridized carbons (Fsp3) is 0.375. The van der Waals surface area contributed by atoms with Crippen molar-refractivity contribution >= 4 is 5.69 Å². The molecule has 0 fully saturated rings. The second kappa shape index (κ2) is 3.49. The van der Waals surface area contributed by atoms with Crippen molar-refractivity contribution in [3.63, 3.8) is 0 Å². The number of rotatable bonds is 2. The summed E-state index contributed by atoms with van der Waals surface area (Å²) in [5.74, 6) is 0. The van der Waals surface area contributed by atoms with Crippen LogP contribution in [-0.2, 0) is 0 Å². The molecule has 2 N–H and O–H groups in total. The van der Waals surface area contributed by atoms with Crippen molar-refractivity contribution in [3.8, 4) is 0 Å². The molecule has 0 radical (unpaired) electrons. The summed E-state index contributed by atoms with van der Waals surface area (Å²) in [6.45, 7) is 3.39. The van der Waals surface area contributed by atoms with Crippen molar-refractivity contribution in [2.24, 2.45) is 5.73 Å². The van der Waals surface area contributed by atoms with Crippen molar-refractivity contribution in [2.45, 2.75) is 19.9 Å². The van der Waals surface area contributed by atoms with Crippen LogP contribution in [0.2, 0.25) is 0 Å². The molecule has 0 aliphatic carbocycles. The first-order chi connectivity index (χ1) is 6.02. The highest BCUT2D eigenvalue weighted by molar-refractivity contribution is 5.35. The first-order valence-electron chi connectivity index (χ1n) is 3.90. The summed E-state index contributed by atoms with van der Waals surface area (Å²) < 4.78 is 0. The van der Waals surface area contributed by atoms with Gasteiger partial charge in [0.15, 0.2) is 0 Å². The Kier molecular flexibility index (Phi) is 2.57. The average Bonchev–Trinajstić information content (AvgIpc) is 2.03. The van der Waals surface area contributed by atoms with Gasteiger partial charge in [0.2, 0.25) is 0 Å². The quantitative estimate of drug-likeness (QED) is 0.551. The summed E-state index contributed by atoms with van der Waals surface area (Å²) in [4.78, 5) is 14.0. The van der Waals surface area contributed by atoms with E-state index in [-0.39, 0.29) is 11.7 Å². The van der Waals surface area contributed by atoms with E-state index in [4.69, 9.17) is 5.73 Å². The fourth-order valence-corrected chi connectivity index (χ4v) is 1.02. The predicted octanol–water partition coefficient (Wildman–Crippen LogP) is 1.32. The third-order valence-corrected chi connectivity index (χ3v) is 1.74. The summed E-state index contributed by atoms with van der Waals surface area (Å²) >= 11 is 0. The minimum atomic E-state index is -0.451. The maximum absolute atomic E-state index is 10.4. The normalized spacial score (nSPS) is 12.5. The molecular weight excluding hydrogens is 170 g/mol. The van der Waals surface area contributed by atoms with Crippen LogP contribution in [0.3, 0.4) is 0 Å². The first kappa shape index (κ1) is 9.60. The fourth-order valence-electron chi connectivity index (χ4n) is 1.02. The highest BCUT2D eigenvalue weighted by Gasteiger charge is 2.12. The Labute approximate surface area is 75.7 Å². The molecule has 0 aliphatic heterocycles. The van der Waals surface area contributed by atoms with Crippen molar-refractivity contribution in [1.82, 2.24) is 4.98 Å². The summed E-state index contributed by atoms with van der Waals surface area (Å²) in [6, 6.07) is 2.82. The standard InChI is InChI=1S/C8H11N3O2/c1-5(9)7-3-4-8(11(12)13)6(2)10-7/h3-5H,9H2,1-2H3/t5-/m1/s1. The number of nitrogens with zero attached hydrogens (tertiary/aromatic N) is 2. The van der Waals surface area contributed by atoms with Gasteiger partial charge in [-0.3, -0.25) is 10.1 Å². The van der Waals surface area contributed by atoms with Crippen LogP contribution in [0.25, 0.3) is 0 Å². The second-order valence-corrected chi connectivity index (χ2v) is 2.89. The lowest BCUT2D eigenvalue weighted by molar-refractivity contribution is -0.385. The average molecular weight is 181 g/mol. The van der Waals surface area contributed by atoms with Crippen LogP contribution in [0.4, 0.5) is 5.69 Å². The van der Waals surface area contributed by atoms with Crippen molar-refractivity contribution in [3.05, 3.63) is 33.6 Å². The van der Waals surface area contributed by atoms with Gasteiger partial charge in [-0.1, -0.05) is 0 Å². The number of aromatic nitrogens is 1. The monoisotopic (exact) mass is 181 g/mol. The molecule has 13 heavy (non-hydrogen) atoms. The minimum Gasteiger partial charge on any atom is -0.323 e. The number of aryl methyl sites for hydroxylation is 1. The Morgan fingerprint density at radius 1 is 1.62 bits per heavy atom. The third kappa shape index (κ3) is 2.00. The maximum Gasteiger partial charge on any atom is 0.290 e. The van der Waals surface area contributed by atoms with Gasteiger partial charge in [-0.15, -0.1) is 0 Å². The molecule has 1 aromatic rings. The number of nitrogens with two attached hydrogens (primary N) is 1. The van der Waals surface area contributed by atoms with Crippen LogP contribution < -0.4 is 5.73 Å². The van der Waals surface area contributed by atoms with Gasteiger partial charge in [0.05, 0.1) is 10.6 Å². The third-order valence-electron chi connectivity index (χ3n) is 1.74. The van der Waals surface area contributed by atoms with Crippen LogP contribution in [0.1, 0.15) is 24.4 Å². The van der Waals surface area contributed by atoms with Gasteiger partial charge in [-0.05, 0) is 19.9 Å². The zero-order valence-corrected chi connectivity index (χ0v) is 7.52. The molecule has 5 heteroatoms. The van der Waals surface area contributed by atoms with E-state index in [2.05, 4.69) is 4.98 Å². The molecule has 5 nitrogen and oxygen atoms in total. The topological polar surface area (TPSA) is 82.0 Å². The van der Waals surface area contributed by atoms with E-state index < -0.39 is 4.92 Å². The van der Waals surface area contributed by atoms with Gasteiger partial charge in [-0.25, -0.2) is 4.98 Å². The molecule has 70 valence electrons. The number of pyridine rings is 1. The zero-order valence-electron chi connectivity index (χ0n) is 7.52. The zero-order chi connectivity index (χ0) is 10.0. The van der Waals surface area contributed by atoms with Gasteiger partial charge in [-0.2, -0.15) is 0 Å². The van der Waals surface area contributed by atoms with Gasteiger partial charge in [0, 0.05) is 12.1 Å². The number of hydrogen-bond donors (Lipinski definition) is 1. The minimum absolute atomic E-state index is 0.0319. The van der Waals surface area contributed by atoms with E-state index in [0.717, 1.165) is 0 Å². The van der Waals surface area contributed by atoms with Crippen molar-refractivity contribution in [2.75, 3.05) is 0 Å². The molecule has 1 heterocycles. The highest BCUT2D eigenvalue weighted by Crippen LogP contribution is 2.17. The molecule has 0 aromatic carbocycles. The van der Waals surface area contributed by atoms with Gasteiger partial charge < -0.3 is 5.73 Å². The predicted molar refractivity (Wildman–Crippen MR) is 48.2 cm³/mol. The lowest BCUT2D eigenvalue weighted by Crippen LogP contribution is -2.08. The summed E-state index contributed by atoms with van der Waals surface area (Å²) in [5.41, 5.74) is 6.68. The molecule has 0 spiro atoms. The number of hydrogen-bond acceptors (Lipinski definition) is 4. The van der Waals surface area contributed by atoms with E-state index >= 15 is 0 Å². The lowest BCUT2D eigenvalue weighted by atomic mass is 10.2. The number of nitro groups is 1. The Morgan fingerprint density at radius 3 is 2.62 bits per heavy atom. The Balaban J connectivity index is 3.13. The maximum atomic E-state index is 10.4. The molecular formula is C8H11N3O2. The molecule has 0 saturated heterocycles. The Morgan fingerprint density at radius 2 is 2.23 bits per heavy atom. The van der Waals surface area contributed by atoms with Gasteiger partial charge >= 0.3 is 0 Å². The van der Waals surface area contributed by atoms with Crippen LogP contribution in [0.5, 0.6) is 0 Å². The second-order valence-electron chi connectivity index (χ2n) is 2.89. The molecule has 0 amide bonds. The molecule has 1 aromatic heterocycles. The van der Waals surface area contributed by atoms with Crippen LogP contribution in [0.15, 0.2) is 12.1 Å². The lowest BCUT2D eigenvalue weighted by Gasteiger charge is -2.04.